The number of rotatable bonds is 5. The van der Waals surface area contributed by atoms with Crippen LogP contribution in [0.25, 0.3) is 21.8 Å². The Labute approximate surface area is 145 Å². The van der Waals surface area contributed by atoms with Gasteiger partial charge in [-0.05, 0) is 17.7 Å². The van der Waals surface area contributed by atoms with Crippen LogP contribution in [0, 0.1) is 0 Å². The molecule has 0 bridgehead atoms. The van der Waals surface area contributed by atoms with E-state index < -0.39 is 0 Å². The molecule has 0 atom stereocenters. The maximum Gasteiger partial charge on any atom is 0.153 e. The Hall–Kier alpha value is -3.27. The van der Waals surface area contributed by atoms with Crippen molar-refractivity contribution in [2.45, 2.75) is 6.61 Å². The minimum atomic E-state index is 0.413. The lowest BCUT2D eigenvalue weighted by Gasteiger charge is -2.09. The van der Waals surface area contributed by atoms with E-state index in [1.54, 1.807) is 7.11 Å². The van der Waals surface area contributed by atoms with Crippen LogP contribution in [-0.2, 0) is 6.61 Å². The number of benzene rings is 3. The zero-order valence-electron chi connectivity index (χ0n) is 13.8. The fraction of sp³-hybridized carbons (Fsp3) is 0.0952. The van der Waals surface area contributed by atoms with E-state index >= 15 is 0 Å². The van der Waals surface area contributed by atoms with Gasteiger partial charge in [-0.15, -0.1) is 0 Å². The molecular formula is C21H17NO3. The average molecular weight is 331 g/mol. The Balaban J connectivity index is 1.79. The molecule has 0 aliphatic carbocycles. The summed E-state index contributed by atoms with van der Waals surface area (Å²) in [7, 11) is 1.64. The van der Waals surface area contributed by atoms with Crippen LogP contribution in [0.4, 0.5) is 0 Å². The molecule has 1 aromatic heterocycles. The third kappa shape index (κ3) is 2.72. The van der Waals surface area contributed by atoms with Crippen LogP contribution in [0.1, 0.15) is 15.9 Å². The van der Waals surface area contributed by atoms with Crippen LogP contribution in [0.15, 0.2) is 60.7 Å². The highest BCUT2D eigenvalue weighted by atomic mass is 16.5. The van der Waals surface area contributed by atoms with Gasteiger partial charge in [0.1, 0.15) is 18.1 Å². The SMILES string of the molecule is COc1cccc2c1[nH]c1cc(OCc3ccccc3)c(C=O)cc12. The van der Waals surface area contributed by atoms with Crippen LogP contribution >= 0.6 is 0 Å². The first-order valence-corrected chi connectivity index (χ1v) is 8.04. The van der Waals surface area contributed by atoms with Crippen molar-refractivity contribution in [1.29, 1.82) is 0 Å². The molecule has 0 radical (unpaired) electrons. The number of carbonyl (C=O) groups excluding carboxylic acids is 1. The molecule has 0 spiro atoms. The fourth-order valence-electron chi connectivity index (χ4n) is 3.06. The van der Waals surface area contributed by atoms with Gasteiger partial charge in [0, 0.05) is 16.8 Å². The van der Waals surface area contributed by atoms with Crippen LogP contribution in [-0.4, -0.2) is 18.4 Å². The summed E-state index contributed by atoms with van der Waals surface area (Å²) in [6, 6.07) is 19.5. The quantitative estimate of drug-likeness (QED) is 0.538. The molecular weight excluding hydrogens is 314 g/mol. The molecule has 4 nitrogen and oxygen atoms in total. The lowest BCUT2D eigenvalue weighted by molar-refractivity contribution is 0.111. The summed E-state index contributed by atoms with van der Waals surface area (Å²) in [5.74, 6) is 1.34. The molecule has 1 heterocycles. The fourth-order valence-corrected chi connectivity index (χ4v) is 3.06. The molecule has 3 aromatic carbocycles. The third-order valence-corrected chi connectivity index (χ3v) is 4.31. The van der Waals surface area contributed by atoms with E-state index in [0.29, 0.717) is 17.9 Å². The Bertz CT molecular complexity index is 1050. The first-order valence-electron chi connectivity index (χ1n) is 8.04. The van der Waals surface area contributed by atoms with Crippen molar-refractivity contribution in [3.63, 3.8) is 0 Å². The second-order valence-electron chi connectivity index (χ2n) is 5.84. The van der Waals surface area contributed by atoms with Crippen LogP contribution < -0.4 is 9.47 Å². The monoisotopic (exact) mass is 331 g/mol. The highest BCUT2D eigenvalue weighted by Crippen LogP contribution is 2.34. The standard InChI is InChI=1S/C21H17NO3/c1-24-19-9-5-8-16-17-10-15(12-23)20(11-18(17)22-21(16)19)25-13-14-6-3-2-4-7-14/h2-12,22H,13H2,1H3. The molecule has 0 aliphatic rings. The average Bonchev–Trinajstić information content (AvgIpc) is 3.03. The number of methoxy groups -OCH3 is 1. The number of hydrogen-bond donors (Lipinski definition) is 1. The highest BCUT2D eigenvalue weighted by Gasteiger charge is 2.13. The van der Waals surface area contributed by atoms with Gasteiger partial charge in [-0.1, -0.05) is 42.5 Å². The predicted octanol–water partition coefficient (Wildman–Crippen LogP) is 4.72. The molecule has 0 aliphatic heterocycles. The van der Waals surface area contributed by atoms with Crippen LogP contribution in [0.3, 0.4) is 0 Å². The maximum atomic E-state index is 11.5. The van der Waals surface area contributed by atoms with Gasteiger partial charge in [0.2, 0.25) is 0 Å². The summed E-state index contributed by atoms with van der Waals surface area (Å²) in [4.78, 5) is 14.9. The van der Waals surface area contributed by atoms with Crippen molar-refractivity contribution < 1.29 is 14.3 Å². The van der Waals surface area contributed by atoms with Gasteiger partial charge in [0.25, 0.3) is 0 Å². The number of ether oxygens (including phenoxy) is 2. The van der Waals surface area contributed by atoms with E-state index in [4.69, 9.17) is 9.47 Å². The smallest absolute Gasteiger partial charge is 0.153 e. The summed E-state index contributed by atoms with van der Waals surface area (Å²) in [5, 5.41) is 2.00. The van der Waals surface area contributed by atoms with Crippen molar-refractivity contribution in [2.75, 3.05) is 7.11 Å². The molecule has 0 fully saturated rings. The Morgan fingerprint density at radius 3 is 2.56 bits per heavy atom. The number of aldehydes is 1. The van der Waals surface area contributed by atoms with Crippen molar-refractivity contribution >= 4 is 28.1 Å². The van der Waals surface area contributed by atoms with E-state index in [0.717, 1.165) is 39.4 Å². The van der Waals surface area contributed by atoms with Crippen molar-refractivity contribution in [3.8, 4) is 11.5 Å². The summed E-state index contributed by atoms with van der Waals surface area (Å²) in [6.07, 6.45) is 0.832. The molecule has 124 valence electrons. The van der Waals surface area contributed by atoms with Gasteiger partial charge in [-0.25, -0.2) is 0 Å². The van der Waals surface area contributed by atoms with Gasteiger partial charge >= 0.3 is 0 Å². The largest absolute Gasteiger partial charge is 0.495 e. The van der Waals surface area contributed by atoms with Crippen molar-refractivity contribution in [1.82, 2.24) is 4.98 Å². The first kappa shape index (κ1) is 15.3. The lowest BCUT2D eigenvalue weighted by atomic mass is 10.1. The summed E-state index contributed by atoms with van der Waals surface area (Å²) in [5.41, 5.74) is 3.41. The Kier molecular flexibility index (Phi) is 3.86. The third-order valence-electron chi connectivity index (χ3n) is 4.31. The number of aromatic amines is 1. The first-order chi connectivity index (χ1) is 12.3. The predicted molar refractivity (Wildman–Crippen MR) is 98.5 cm³/mol. The summed E-state index contributed by atoms with van der Waals surface area (Å²) in [6.45, 7) is 0.413. The molecule has 25 heavy (non-hydrogen) atoms. The molecule has 0 unspecified atom stereocenters. The van der Waals surface area contributed by atoms with Crippen LogP contribution in [0.2, 0.25) is 0 Å². The minimum Gasteiger partial charge on any atom is -0.495 e. The van der Waals surface area contributed by atoms with E-state index in [-0.39, 0.29) is 0 Å². The molecule has 4 heteroatoms. The Morgan fingerprint density at radius 2 is 1.80 bits per heavy atom. The van der Waals surface area contributed by atoms with Crippen molar-refractivity contribution in [3.05, 3.63) is 71.8 Å². The number of fused-ring (bicyclic) bond motifs is 3. The lowest BCUT2D eigenvalue weighted by Crippen LogP contribution is -1.98. The number of para-hydroxylation sites is 1. The van der Waals surface area contributed by atoms with E-state index in [2.05, 4.69) is 4.98 Å². The van der Waals surface area contributed by atoms with Gasteiger partial charge in [-0.3, -0.25) is 4.79 Å². The van der Waals surface area contributed by atoms with E-state index in [1.807, 2.05) is 60.7 Å². The normalized spacial score (nSPS) is 10.9. The van der Waals surface area contributed by atoms with Crippen LogP contribution in [0.5, 0.6) is 11.5 Å². The molecule has 4 rings (SSSR count). The van der Waals surface area contributed by atoms with Gasteiger partial charge in [-0.2, -0.15) is 0 Å². The molecule has 0 saturated carbocycles. The zero-order chi connectivity index (χ0) is 17.2. The van der Waals surface area contributed by atoms with Gasteiger partial charge in [0.05, 0.1) is 23.7 Å². The van der Waals surface area contributed by atoms with Gasteiger partial charge in [0.15, 0.2) is 6.29 Å². The summed E-state index contributed by atoms with van der Waals surface area (Å²) >= 11 is 0. The Morgan fingerprint density at radius 1 is 0.960 bits per heavy atom. The summed E-state index contributed by atoms with van der Waals surface area (Å²) < 4.78 is 11.3. The molecule has 0 saturated heterocycles. The molecule has 0 amide bonds. The van der Waals surface area contributed by atoms with Gasteiger partial charge < -0.3 is 14.5 Å². The number of H-pyrrole nitrogens is 1. The molecule has 4 aromatic rings. The second-order valence-corrected chi connectivity index (χ2v) is 5.84. The maximum absolute atomic E-state index is 11.5. The number of hydrogen-bond acceptors (Lipinski definition) is 3. The second kappa shape index (κ2) is 6.32. The minimum absolute atomic E-state index is 0.413. The topological polar surface area (TPSA) is 51.3 Å². The molecule has 1 N–H and O–H groups in total. The van der Waals surface area contributed by atoms with E-state index in [9.17, 15) is 4.79 Å². The number of nitrogens with one attached hydrogen (secondary N) is 1. The van der Waals surface area contributed by atoms with Crippen molar-refractivity contribution in [2.24, 2.45) is 0 Å². The van der Waals surface area contributed by atoms with E-state index in [1.165, 1.54) is 0 Å². The number of carbonyl (C=O) groups is 1. The zero-order valence-corrected chi connectivity index (χ0v) is 13.8. The highest BCUT2D eigenvalue weighted by molar-refractivity contribution is 6.11. The number of aromatic nitrogens is 1.